The van der Waals surface area contributed by atoms with E-state index in [1.807, 2.05) is 13.2 Å². The van der Waals surface area contributed by atoms with E-state index in [2.05, 4.69) is 28.1 Å². The molecule has 1 N–H and O–H groups in total. The Labute approximate surface area is 103 Å². The van der Waals surface area contributed by atoms with Crippen molar-refractivity contribution in [2.75, 3.05) is 20.3 Å². The Kier molecular flexibility index (Phi) is 4.57. The van der Waals surface area contributed by atoms with Crippen LogP contribution in [-0.4, -0.2) is 30.0 Å². The molecule has 0 saturated carbocycles. The van der Waals surface area contributed by atoms with E-state index in [0.29, 0.717) is 12.0 Å². The standard InChI is InChI=1S/C13H23N3O/c1-3-8-16-12(6-7-15-16)13(14-2)11-5-4-9-17-10-11/h6-7,11,13-14H,3-5,8-10H2,1-2H3. The predicted molar refractivity (Wildman–Crippen MR) is 67.9 cm³/mol. The number of hydrogen-bond acceptors (Lipinski definition) is 3. The monoisotopic (exact) mass is 237 g/mol. The fraction of sp³-hybridized carbons (Fsp3) is 0.769. The van der Waals surface area contributed by atoms with Crippen molar-refractivity contribution in [3.63, 3.8) is 0 Å². The highest BCUT2D eigenvalue weighted by Gasteiger charge is 2.26. The second-order valence-electron chi connectivity index (χ2n) is 4.72. The first-order valence-electron chi connectivity index (χ1n) is 6.63. The van der Waals surface area contributed by atoms with Gasteiger partial charge in [-0.2, -0.15) is 5.10 Å². The molecule has 2 unspecified atom stereocenters. The summed E-state index contributed by atoms with van der Waals surface area (Å²) in [7, 11) is 2.03. The maximum atomic E-state index is 5.59. The maximum Gasteiger partial charge on any atom is 0.0557 e. The summed E-state index contributed by atoms with van der Waals surface area (Å²) in [4.78, 5) is 0. The van der Waals surface area contributed by atoms with Crippen LogP contribution in [0.2, 0.25) is 0 Å². The Balaban J connectivity index is 2.12. The fourth-order valence-corrected chi connectivity index (χ4v) is 2.66. The Hall–Kier alpha value is -0.870. The minimum Gasteiger partial charge on any atom is -0.381 e. The number of nitrogens with one attached hydrogen (secondary N) is 1. The van der Waals surface area contributed by atoms with Gasteiger partial charge in [-0.25, -0.2) is 0 Å². The molecule has 2 heterocycles. The van der Waals surface area contributed by atoms with Crippen LogP contribution in [0, 0.1) is 5.92 Å². The number of ether oxygens (including phenoxy) is 1. The summed E-state index contributed by atoms with van der Waals surface area (Å²) in [6.07, 6.45) is 5.43. The van der Waals surface area contributed by atoms with E-state index in [1.165, 1.54) is 18.5 Å². The van der Waals surface area contributed by atoms with Gasteiger partial charge >= 0.3 is 0 Å². The topological polar surface area (TPSA) is 39.1 Å². The van der Waals surface area contributed by atoms with Gasteiger partial charge in [0.25, 0.3) is 0 Å². The zero-order chi connectivity index (χ0) is 12.1. The minimum absolute atomic E-state index is 0.365. The van der Waals surface area contributed by atoms with E-state index in [9.17, 15) is 0 Å². The predicted octanol–water partition coefficient (Wildman–Crippen LogP) is 1.98. The molecule has 1 aliphatic heterocycles. The Bertz CT molecular complexity index is 331. The van der Waals surface area contributed by atoms with Crippen molar-refractivity contribution in [1.29, 1.82) is 0 Å². The van der Waals surface area contributed by atoms with Crippen LogP contribution in [0.3, 0.4) is 0 Å². The highest BCUT2D eigenvalue weighted by Crippen LogP contribution is 2.28. The lowest BCUT2D eigenvalue weighted by Crippen LogP contribution is -2.33. The molecular weight excluding hydrogens is 214 g/mol. The minimum atomic E-state index is 0.365. The summed E-state index contributed by atoms with van der Waals surface area (Å²) in [6.45, 7) is 4.96. The van der Waals surface area contributed by atoms with Crippen molar-refractivity contribution >= 4 is 0 Å². The van der Waals surface area contributed by atoms with E-state index in [4.69, 9.17) is 4.74 Å². The van der Waals surface area contributed by atoms with Gasteiger partial charge in [-0.1, -0.05) is 6.92 Å². The lowest BCUT2D eigenvalue weighted by atomic mass is 9.91. The fourth-order valence-electron chi connectivity index (χ4n) is 2.66. The average Bonchev–Trinajstić information content (AvgIpc) is 2.81. The highest BCUT2D eigenvalue weighted by atomic mass is 16.5. The van der Waals surface area contributed by atoms with Crippen LogP contribution < -0.4 is 5.32 Å². The van der Waals surface area contributed by atoms with Crippen molar-refractivity contribution in [3.8, 4) is 0 Å². The van der Waals surface area contributed by atoms with Gasteiger partial charge < -0.3 is 10.1 Å². The first-order chi connectivity index (χ1) is 8.36. The summed E-state index contributed by atoms with van der Waals surface area (Å²) in [5, 5.41) is 7.84. The van der Waals surface area contributed by atoms with Crippen LogP contribution in [0.4, 0.5) is 0 Å². The summed E-state index contributed by atoms with van der Waals surface area (Å²) >= 11 is 0. The third kappa shape index (κ3) is 2.87. The van der Waals surface area contributed by atoms with Crippen molar-refractivity contribution in [1.82, 2.24) is 15.1 Å². The van der Waals surface area contributed by atoms with E-state index in [0.717, 1.165) is 26.2 Å². The molecule has 0 aromatic carbocycles. The molecule has 0 amide bonds. The van der Waals surface area contributed by atoms with Crippen LogP contribution >= 0.6 is 0 Å². The van der Waals surface area contributed by atoms with E-state index in [-0.39, 0.29) is 0 Å². The zero-order valence-corrected chi connectivity index (χ0v) is 10.9. The maximum absolute atomic E-state index is 5.59. The average molecular weight is 237 g/mol. The smallest absolute Gasteiger partial charge is 0.0557 e. The molecule has 4 heteroatoms. The van der Waals surface area contributed by atoms with Gasteiger partial charge in [0, 0.05) is 25.3 Å². The van der Waals surface area contributed by atoms with Gasteiger partial charge in [-0.3, -0.25) is 4.68 Å². The summed E-state index contributed by atoms with van der Waals surface area (Å²) < 4.78 is 7.71. The molecule has 0 aliphatic carbocycles. The Morgan fingerprint density at radius 2 is 2.53 bits per heavy atom. The second kappa shape index (κ2) is 6.17. The lowest BCUT2D eigenvalue weighted by molar-refractivity contribution is 0.0388. The molecule has 1 aromatic heterocycles. The van der Waals surface area contributed by atoms with Gasteiger partial charge in [0.1, 0.15) is 0 Å². The number of rotatable bonds is 5. The molecule has 4 nitrogen and oxygen atoms in total. The van der Waals surface area contributed by atoms with Crippen molar-refractivity contribution < 1.29 is 4.74 Å². The number of aryl methyl sites for hydroxylation is 1. The van der Waals surface area contributed by atoms with Crippen LogP contribution in [0.15, 0.2) is 12.3 Å². The van der Waals surface area contributed by atoms with E-state index >= 15 is 0 Å². The molecule has 0 radical (unpaired) electrons. The highest BCUT2D eigenvalue weighted by molar-refractivity contribution is 5.09. The molecule has 0 spiro atoms. The molecule has 1 aliphatic rings. The number of nitrogens with zero attached hydrogens (tertiary/aromatic N) is 2. The van der Waals surface area contributed by atoms with Gasteiger partial charge in [-0.05, 0) is 32.4 Å². The molecule has 1 fully saturated rings. The lowest BCUT2D eigenvalue weighted by Gasteiger charge is -2.30. The normalized spacial score (nSPS) is 22.6. The van der Waals surface area contributed by atoms with Crippen LogP contribution in [0.5, 0.6) is 0 Å². The van der Waals surface area contributed by atoms with Crippen LogP contribution in [0.1, 0.15) is 37.9 Å². The van der Waals surface area contributed by atoms with E-state index < -0.39 is 0 Å². The quantitative estimate of drug-likeness (QED) is 0.851. The summed E-state index contributed by atoms with van der Waals surface area (Å²) in [6, 6.07) is 2.50. The largest absolute Gasteiger partial charge is 0.381 e. The number of aromatic nitrogens is 2. The van der Waals surface area contributed by atoms with Crippen molar-refractivity contribution in [3.05, 3.63) is 18.0 Å². The first kappa shape index (κ1) is 12.6. The molecular formula is C13H23N3O. The Morgan fingerprint density at radius 1 is 1.65 bits per heavy atom. The third-order valence-corrected chi connectivity index (χ3v) is 3.48. The molecule has 2 rings (SSSR count). The SMILES string of the molecule is CCCn1nccc1C(NC)C1CCCOC1. The summed E-state index contributed by atoms with van der Waals surface area (Å²) in [5.74, 6) is 0.570. The van der Waals surface area contributed by atoms with Gasteiger partial charge in [0.05, 0.1) is 18.3 Å². The first-order valence-corrected chi connectivity index (χ1v) is 6.63. The molecule has 17 heavy (non-hydrogen) atoms. The molecule has 1 saturated heterocycles. The molecule has 0 bridgehead atoms. The number of hydrogen-bond donors (Lipinski definition) is 1. The van der Waals surface area contributed by atoms with Gasteiger partial charge in [-0.15, -0.1) is 0 Å². The van der Waals surface area contributed by atoms with E-state index in [1.54, 1.807) is 0 Å². The Morgan fingerprint density at radius 3 is 3.18 bits per heavy atom. The van der Waals surface area contributed by atoms with Gasteiger partial charge in [0.15, 0.2) is 0 Å². The molecule has 96 valence electrons. The third-order valence-electron chi connectivity index (χ3n) is 3.48. The van der Waals surface area contributed by atoms with Gasteiger partial charge in [0.2, 0.25) is 0 Å². The molecule has 1 aromatic rings. The second-order valence-corrected chi connectivity index (χ2v) is 4.72. The van der Waals surface area contributed by atoms with Crippen molar-refractivity contribution in [2.45, 2.75) is 38.8 Å². The van der Waals surface area contributed by atoms with Crippen LogP contribution in [0.25, 0.3) is 0 Å². The van der Waals surface area contributed by atoms with Crippen LogP contribution in [-0.2, 0) is 11.3 Å². The van der Waals surface area contributed by atoms with Crippen molar-refractivity contribution in [2.24, 2.45) is 5.92 Å². The summed E-state index contributed by atoms with van der Waals surface area (Å²) in [5.41, 5.74) is 1.30. The molecule has 2 atom stereocenters. The zero-order valence-electron chi connectivity index (χ0n) is 10.9.